The Labute approximate surface area is 171 Å². The molecule has 0 unspecified atom stereocenters. The number of nitrogens with zero attached hydrogens (tertiary/aromatic N) is 4. The number of pyridine rings is 1. The number of hydrogen-bond donors (Lipinski definition) is 0. The molecule has 1 aliphatic rings. The van der Waals surface area contributed by atoms with Gasteiger partial charge in [-0.1, -0.05) is 23.7 Å². The van der Waals surface area contributed by atoms with E-state index >= 15 is 0 Å². The van der Waals surface area contributed by atoms with Crippen molar-refractivity contribution in [3.8, 4) is 5.75 Å². The van der Waals surface area contributed by atoms with Crippen LogP contribution < -0.4 is 9.64 Å². The first-order valence-corrected chi connectivity index (χ1v) is 10.4. The molecule has 1 aromatic carbocycles. The van der Waals surface area contributed by atoms with Crippen molar-refractivity contribution >= 4 is 22.8 Å². The molecule has 0 saturated carbocycles. The van der Waals surface area contributed by atoms with Crippen LogP contribution in [0.5, 0.6) is 5.75 Å². The molecule has 148 valence electrons. The monoisotopic (exact) mass is 398 g/mol. The van der Waals surface area contributed by atoms with E-state index < -0.39 is 0 Å². The number of aromatic nitrogens is 2. The molecule has 6 heteroatoms. The summed E-state index contributed by atoms with van der Waals surface area (Å²) in [5, 5.41) is 5.14. The Balaban J connectivity index is 1.16. The number of hydrogen-bond acceptors (Lipinski definition) is 4. The molecular formula is C22H27ClN4O. The van der Waals surface area contributed by atoms with Crippen LogP contribution in [0, 0.1) is 6.92 Å². The van der Waals surface area contributed by atoms with Gasteiger partial charge in [-0.2, -0.15) is 5.10 Å². The number of benzene rings is 1. The molecule has 1 saturated heterocycles. The molecule has 5 nitrogen and oxygen atoms in total. The van der Waals surface area contributed by atoms with E-state index in [9.17, 15) is 0 Å². The fourth-order valence-corrected chi connectivity index (χ4v) is 3.98. The number of anilines is 1. The first kappa shape index (κ1) is 19.1. The van der Waals surface area contributed by atoms with Crippen LogP contribution in [0.2, 0.25) is 5.02 Å². The van der Waals surface area contributed by atoms with Gasteiger partial charge in [-0.05, 0) is 50.1 Å². The minimum Gasteiger partial charge on any atom is -0.493 e. The van der Waals surface area contributed by atoms with Gasteiger partial charge in [0.25, 0.3) is 0 Å². The first-order chi connectivity index (χ1) is 13.7. The van der Waals surface area contributed by atoms with Crippen molar-refractivity contribution in [3.05, 3.63) is 59.4 Å². The maximum atomic E-state index is 6.32. The largest absolute Gasteiger partial charge is 0.493 e. The van der Waals surface area contributed by atoms with E-state index in [1.807, 2.05) is 35.1 Å². The zero-order chi connectivity index (χ0) is 19.3. The molecule has 3 heterocycles. The Bertz CT molecular complexity index is 918. The van der Waals surface area contributed by atoms with Crippen LogP contribution in [0.4, 0.5) is 5.69 Å². The highest BCUT2D eigenvalue weighted by Crippen LogP contribution is 2.26. The van der Waals surface area contributed by atoms with Crippen LogP contribution >= 0.6 is 11.6 Å². The molecule has 4 rings (SSSR count). The third-order valence-electron chi connectivity index (χ3n) is 5.39. The SMILES string of the molecule is Cc1cnn2ccc(OCCCCN3CCN(c4ccccc4Cl)CC3)cc12. The fraction of sp³-hybridized carbons (Fsp3) is 0.409. The number of halogens is 1. The lowest BCUT2D eigenvalue weighted by Crippen LogP contribution is -2.46. The molecule has 0 N–H and O–H groups in total. The van der Waals surface area contributed by atoms with Crippen LogP contribution in [-0.4, -0.2) is 53.8 Å². The minimum absolute atomic E-state index is 0.753. The quantitative estimate of drug-likeness (QED) is 0.556. The highest BCUT2D eigenvalue weighted by atomic mass is 35.5. The van der Waals surface area contributed by atoms with E-state index in [1.54, 1.807) is 0 Å². The van der Waals surface area contributed by atoms with Crippen molar-refractivity contribution in [1.29, 1.82) is 0 Å². The molecule has 0 amide bonds. The fourth-order valence-electron chi connectivity index (χ4n) is 3.72. The molecular weight excluding hydrogens is 372 g/mol. The van der Waals surface area contributed by atoms with E-state index in [4.69, 9.17) is 16.3 Å². The number of rotatable bonds is 7. The lowest BCUT2D eigenvalue weighted by Gasteiger charge is -2.36. The summed E-state index contributed by atoms with van der Waals surface area (Å²) in [6.45, 7) is 8.18. The Hall–Kier alpha value is -2.24. The first-order valence-electron chi connectivity index (χ1n) is 9.99. The lowest BCUT2D eigenvalue weighted by molar-refractivity contribution is 0.238. The van der Waals surface area contributed by atoms with Gasteiger partial charge >= 0.3 is 0 Å². The Morgan fingerprint density at radius 2 is 1.89 bits per heavy atom. The second-order valence-corrected chi connectivity index (χ2v) is 7.76. The topological polar surface area (TPSA) is 33.0 Å². The molecule has 28 heavy (non-hydrogen) atoms. The van der Waals surface area contributed by atoms with Gasteiger partial charge in [-0.3, -0.25) is 4.90 Å². The molecule has 0 bridgehead atoms. The van der Waals surface area contributed by atoms with E-state index in [0.29, 0.717) is 0 Å². The molecule has 1 aliphatic heterocycles. The summed E-state index contributed by atoms with van der Waals surface area (Å²) in [7, 11) is 0. The number of para-hydroxylation sites is 1. The van der Waals surface area contributed by atoms with Gasteiger partial charge in [0.15, 0.2) is 0 Å². The Morgan fingerprint density at radius 3 is 2.71 bits per heavy atom. The predicted molar refractivity (Wildman–Crippen MR) is 115 cm³/mol. The van der Waals surface area contributed by atoms with Crippen LogP contribution in [0.15, 0.2) is 48.8 Å². The molecule has 0 spiro atoms. The molecule has 1 fully saturated rings. The van der Waals surface area contributed by atoms with Crippen LogP contribution in [0.1, 0.15) is 18.4 Å². The number of piperazine rings is 1. The predicted octanol–water partition coefficient (Wildman–Crippen LogP) is 4.28. The third-order valence-corrected chi connectivity index (χ3v) is 5.71. The van der Waals surface area contributed by atoms with Gasteiger partial charge in [0.1, 0.15) is 5.75 Å². The molecule has 0 atom stereocenters. The maximum Gasteiger partial charge on any atom is 0.122 e. The molecule has 0 aliphatic carbocycles. The van der Waals surface area contributed by atoms with Gasteiger partial charge < -0.3 is 9.64 Å². The number of ether oxygens (including phenoxy) is 1. The molecule has 0 radical (unpaired) electrons. The second-order valence-electron chi connectivity index (χ2n) is 7.36. The Morgan fingerprint density at radius 1 is 1.07 bits per heavy atom. The van der Waals surface area contributed by atoms with E-state index in [-0.39, 0.29) is 0 Å². The zero-order valence-corrected chi connectivity index (χ0v) is 17.1. The van der Waals surface area contributed by atoms with E-state index in [2.05, 4.69) is 40.0 Å². The number of unbranched alkanes of at least 4 members (excludes halogenated alkanes) is 1. The lowest BCUT2D eigenvalue weighted by atomic mass is 10.2. The van der Waals surface area contributed by atoms with Crippen molar-refractivity contribution in [2.45, 2.75) is 19.8 Å². The summed E-state index contributed by atoms with van der Waals surface area (Å²) in [4.78, 5) is 4.92. The highest BCUT2D eigenvalue weighted by Gasteiger charge is 2.18. The molecule has 2 aromatic heterocycles. The summed E-state index contributed by atoms with van der Waals surface area (Å²) in [6.07, 6.45) is 6.05. The smallest absolute Gasteiger partial charge is 0.122 e. The summed E-state index contributed by atoms with van der Waals surface area (Å²) >= 11 is 6.32. The van der Waals surface area contributed by atoms with Crippen molar-refractivity contribution in [3.63, 3.8) is 0 Å². The summed E-state index contributed by atoms with van der Waals surface area (Å²) in [6, 6.07) is 12.2. The van der Waals surface area contributed by atoms with Gasteiger partial charge in [0.2, 0.25) is 0 Å². The van der Waals surface area contributed by atoms with Gasteiger partial charge in [0, 0.05) is 38.4 Å². The Kier molecular flexibility index (Phi) is 6.03. The summed E-state index contributed by atoms with van der Waals surface area (Å²) in [5.41, 5.74) is 3.43. The standard InChI is InChI=1S/C22H27ClN4O/c1-18-17-24-27-10-8-19(16-22(18)27)28-15-5-4-9-25-11-13-26(14-12-25)21-7-3-2-6-20(21)23/h2-3,6-8,10,16-17H,4-5,9,11-15H2,1H3. The van der Waals surface area contributed by atoms with Crippen molar-refractivity contribution < 1.29 is 4.74 Å². The average molecular weight is 399 g/mol. The average Bonchev–Trinajstić information content (AvgIpc) is 3.09. The van der Waals surface area contributed by atoms with Crippen LogP contribution in [0.3, 0.4) is 0 Å². The van der Waals surface area contributed by atoms with Crippen molar-refractivity contribution in [2.75, 3.05) is 44.2 Å². The molecule has 3 aromatic rings. The van der Waals surface area contributed by atoms with E-state index in [0.717, 1.165) is 74.1 Å². The second kappa shape index (κ2) is 8.84. The zero-order valence-electron chi connectivity index (χ0n) is 16.4. The van der Waals surface area contributed by atoms with E-state index in [1.165, 1.54) is 5.56 Å². The van der Waals surface area contributed by atoms with Gasteiger partial charge in [-0.15, -0.1) is 0 Å². The number of aryl methyl sites for hydroxylation is 1. The third kappa shape index (κ3) is 4.42. The van der Waals surface area contributed by atoms with Gasteiger partial charge in [0.05, 0.1) is 29.0 Å². The van der Waals surface area contributed by atoms with Gasteiger partial charge in [-0.25, -0.2) is 4.52 Å². The summed E-state index contributed by atoms with van der Waals surface area (Å²) in [5.74, 6) is 0.921. The minimum atomic E-state index is 0.753. The normalized spacial score (nSPS) is 15.3. The van der Waals surface area contributed by atoms with Crippen molar-refractivity contribution in [2.24, 2.45) is 0 Å². The summed E-state index contributed by atoms with van der Waals surface area (Å²) < 4.78 is 7.81. The van der Waals surface area contributed by atoms with Crippen LogP contribution in [-0.2, 0) is 0 Å². The maximum absolute atomic E-state index is 6.32. The van der Waals surface area contributed by atoms with Crippen LogP contribution in [0.25, 0.3) is 5.52 Å². The van der Waals surface area contributed by atoms with Crippen molar-refractivity contribution in [1.82, 2.24) is 14.5 Å². The highest BCUT2D eigenvalue weighted by molar-refractivity contribution is 6.33. The number of fused-ring (bicyclic) bond motifs is 1.